The van der Waals surface area contributed by atoms with Crippen LogP contribution in [0.4, 0.5) is 0 Å². The van der Waals surface area contributed by atoms with Crippen molar-refractivity contribution in [1.29, 1.82) is 0 Å². The minimum absolute atomic E-state index is 0.000556. The predicted molar refractivity (Wildman–Crippen MR) is 68.7 cm³/mol. The molecule has 1 aliphatic carbocycles. The highest BCUT2D eigenvalue weighted by atomic mass is 16.3. The molecular formula is C14H21NO3. The standard InChI is InChI=1S/C14H21NO3/c1-9-10(2)18-11(3)13(9)14(17)15(7-8-16)12-5-4-6-12/h12,16H,4-8H2,1-3H3. The molecule has 0 aromatic carbocycles. The van der Waals surface area contributed by atoms with Gasteiger partial charge < -0.3 is 14.4 Å². The van der Waals surface area contributed by atoms with Crippen LogP contribution in [0.15, 0.2) is 4.42 Å². The van der Waals surface area contributed by atoms with Crippen LogP contribution in [0.2, 0.25) is 0 Å². The molecule has 1 saturated carbocycles. The maximum Gasteiger partial charge on any atom is 0.258 e. The number of furan rings is 1. The Bertz CT molecular complexity index is 446. The summed E-state index contributed by atoms with van der Waals surface area (Å²) in [6, 6.07) is 0.290. The van der Waals surface area contributed by atoms with Crippen molar-refractivity contribution in [1.82, 2.24) is 4.90 Å². The molecule has 0 atom stereocenters. The Kier molecular flexibility index (Phi) is 3.76. The number of carbonyl (C=O) groups is 1. The molecule has 2 rings (SSSR count). The lowest BCUT2D eigenvalue weighted by Gasteiger charge is -2.37. The minimum Gasteiger partial charge on any atom is -0.466 e. The first-order valence-corrected chi connectivity index (χ1v) is 6.54. The van der Waals surface area contributed by atoms with Gasteiger partial charge in [-0.25, -0.2) is 0 Å². The van der Waals surface area contributed by atoms with E-state index >= 15 is 0 Å². The largest absolute Gasteiger partial charge is 0.466 e. The second kappa shape index (κ2) is 5.14. The maximum atomic E-state index is 12.6. The Morgan fingerprint density at radius 2 is 2.00 bits per heavy atom. The normalized spacial score (nSPS) is 15.6. The number of hydrogen-bond acceptors (Lipinski definition) is 3. The molecule has 0 spiro atoms. The van der Waals surface area contributed by atoms with Crippen molar-refractivity contribution >= 4 is 5.91 Å². The first-order valence-electron chi connectivity index (χ1n) is 6.54. The monoisotopic (exact) mass is 251 g/mol. The molecule has 0 bridgehead atoms. The summed E-state index contributed by atoms with van der Waals surface area (Å²) in [7, 11) is 0. The fourth-order valence-corrected chi connectivity index (χ4v) is 2.51. The highest BCUT2D eigenvalue weighted by Gasteiger charge is 2.31. The lowest BCUT2D eigenvalue weighted by atomic mass is 9.90. The van der Waals surface area contributed by atoms with Gasteiger partial charge in [-0.05, 0) is 40.0 Å². The van der Waals surface area contributed by atoms with E-state index in [-0.39, 0.29) is 12.5 Å². The number of aliphatic hydroxyl groups excluding tert-OH is 1. The molecule has 1 N–H and O–H groups in total. The van der Waals surface area contributed by atoms with E-state index < -0.39 is 0 Å². The third-order valence-corrected chi connectivity index (χ3v) is 3.89. The molecule has 100 valence electrons. The Hall–Kier alpha value is -1.29. The van der Waals surface area contributed by atoms with Crippen LogP contribution in [0, 0.1) is 20.8 Å². The predicted octanol–water partition coefficient (Wildman–Crippen LogP) is 2.19. The Labute approximate surface area is 108 Å². The lowest BCUT2D eigenvalue weighted by Crippen LogP contribution is -2.45. The number of carbonyl (C=O) groups excluding carboxylic acids is 1. The lowest BCUT2D eigenvalue weighted by molar-refractivity contribution is 0.0523. The third kappa shape index (κ3) is 2.17. The van der Waals surface area contributed by atoms with Gasteiger partial charge in [-0.3, -0.25) is 4.79 Å². The third-order valence-electron chi connectivity index (χ3n) is 3.89. The summed E-state index contributed by atoms with van der Waals surface area (Å²) >= 11 is 0. The average Bonchev–Trinajstić information content (AvgIpc) is 2.49. The molecular weight excluding hydrogens is 230 g/mol. The molecule has 1 fully saturated rings. The zero-order valence-corrected chi connectivity index (χ0v) is 11.3. The number of rotatable bonds is 4. The Balaban J connectivity index is 2.26. The van der Waals surface area contributed by atoms with Crippen LogP contribution in [-0.2, 0) is 0 Å². The van der Waals surface area contributed by atoms with E-state index in [0.717, 1.165) is 24.2 Å². The van der Waals surface area contributed by atoms with Crippen molar-refractivity contribution in [3.8, 4) is 0 Å². The topological polar surface area (TPSA) is 53.7 Å². The fourth-order valence-electron chi connectivity index (χ4n) is 2.51. The van der Waals surface area contributed by atoms with Crippen LogP contribution in [0.25, 0.3) is 0 Å². The molecule has 4 heteroatoms. The van der Waals surface area contributed by atoms with Gasteiger partial charge in [0.15, 0.2) is 0 Å². The summed E-state index contributed by atoms with van der Waals surface area (Å²) in [5.41, 5.74) is 1.59. The molecule has 1 aromatic heterocycles. The molecule has 1 amide bonds. The van der Waals surface area contributed by atoms with E-state index in [2.05, 4.69) is 0 Å². The molecule has 1 aromatic rings. The smallest absolute Gasteiger partial charge is 0.258 e. The average molecular weight is 251 g/mol. The summed E-state index contributed by atoms with van der Waals surface area (Å²) in [6.45, 7) is 6.03. The first kappa shape index (κ1) is 13.1. The van der Waals surface area contributed by atoms with Crippen molar-refractivity contribution in [2.75, 3.05) is 13.2 Å². The quantitative estimate of drug-likeness (QED) is 0.892. The van der Waals surface area contributed by atoms with Gasteiger partial charge in [-0.1, -0.05) is 0 Å². The summed E-state index contributed by atoms with van der Waals surface area (Å²) in [4.78, 5) is 14.4. The summed E-state index contributed by atoms with van der Waals surface area (Å²) in [5, 5.41) is 9.13. The van der Waals surface area contributed by atoms with Crippen molar-refractivity contribution in [2.24, 2.45) is 0 Å². The van der Waals surface area contributed by atoms with E-state index in [4.69, 9.17) is 9.52 Å². The van der Waals surface area contributed by atoms with Crippen molar-refractivity contribution in [2.45, 2.75) is 46.1 Å². The number of aliphatic hydroxyl groups is 1. The zero-order chi connectivity index (χ0) is 13.3. The van der Waals surface area contributed by atoms with E-state index in [1.807, 2.05) is 20.8 Å². The maximum absolute atomic E-state index is 12.6. The van der Waals surface area contributed by atoms with Crippen LogP contribution in [-0.4, -0.2) is 35.1 Å². The van der Waals surface area contributed by atoms with Gasteiger partial charge in [0.1, 0.15) is 11.5 Å². The van der Waals surface area contributed by atoms with Crippen LogP contribution in [0.5, 0.6) is 0 Å². The number of amides is 1. The van der Waals surface area contributed by atoms with E-state index in [0.29, 0.717) is 23.9 Å². The highest BCUT2D eigenvalue weighted by molar-refractivity contribution is 5.97. The molecule has 1 heterocycles. The molecule has 18 heavy (non-hydrogen) atoms. The highest BCUT2D eigenvalue weighted by Crippen LogP contribution is 2.29. The van der Waals surface area contributed by atoms with Crippen LogP contribution in [0.3, 0.4) is 0 Å². The summed E-state index contributed by atoms with van der Waals surface area (Å²) in [5.74, 6) is 1.48. The van der Waals surface area contributed by atoms with Crippen LogP contribution in [0.1, 0.15) is 46.7 Å². The SMILES string of the molecule is Cc1oc(C)c(C(=O)N(CCO)C2CCC2)c1C. The van der Waals surface area contributed by atoms with Gasteiger partial charge in [0, 0.05) is 18.2 Å². The van der Waals surface area contributed by atoms with Gasteiger partial charge in [-0.2, -0.15) is 0 Å². The Morgan fingerprint density at radius 1 is 1.33 bits per heavy atom. The van der Waals surface area contributed by atoms with E-state index in [1.165, 1.54) is 6.42 Å². The van der Waals surface area contributed by atoms with Crippen LogP contribution < -0.4 is 0 Å². The minimum atomic E-state index is 0.000556. The van der Waals surface area contributed by atoms with Crippen molar-refractivity contribution in [3.63, 3.8) is 0 Å². The second-order valence-electron chi connectivity index (χ2n) is 5.02. The molecule has 0 unspecified atom stereocenters. The van der Waals surface area contributed by atoms with Gasteiger partial charge >= 0.3 is 0 Å². The molecule has 0 saturated heterocycles. The number of nitrogens with zero attached hydrogens (tertiary/aromatic N) is 1. The van der Waals surface area contributed by atoms with Crippen molar-refractivity contribution < 1.29 is 14.3 Å². The molecule has 0 radical (unpaired) electrons. The van der Waals surface area contributed by atoms with E-state index in [1.54, 1.807) is 4.90 Å². The Morgan fingerprint density at radius 3 is 2.39 bits per heavy atom. The van der Waals surface area contributed by atoms with Gasteiger partial charge in [0.2, 0.25) is 0 Å². The summed E-state index contributed by atoms with van der Waals surface area (Å²) in [6.07, 6.45) is 3.25. The van der Waals surface area contributed by atoms with Gasteiger partial charge in [0.05, 0.1) is 12.2 Å². The molecule has 4 nitrogen and oxygen atoms in total. The van der Waals surface area contributed by atoms with E-state index in [9.17, 15) is 4.79 Å². The molecule has 0 aliphatic heterocycles. The molecule has 1 aliphatic rings. The van der Waals surface area contributed by atoms with Gasteiger partial charge in [0.25, 0.3) is 5.91 Å². The van der Waals surface area contributed by atoms with Crippen molar-refractivity contribution in [3.05, 3.63) is 22.6 Å². The number of hydrogen-bond donors (Lipinski definition) is 1. The van der Waals surface area contributed by atoms with Crippen LogP contribution >= 0.6 is 0 Å². The number of aryl methyl sites for hydroxylation is 2. The second-order valence-corrected chi connectivity index (χ2v) is 5.02. The fraction of sp³-hybridized carbons (Fsp3) is 0.643. The summed E-state index contributed by atoms with van der Waals surface area (Å²) < 4.78 is 5.52. The van der Waals surface area contributed by atoms with Gasteiger partial charge in [-0.15, -0.1) is 0 Å². The zero-order valence-electron chi connectivity index (χ0n) is 11.3. The first-order chi connectivity index (χ1) is 8.56.